The number of amides is 4. The average molecular weight is 881 g/mol. The third kappa shape index (κ3) is 10.6. The lowest BCUT2D eigenvalue weighted by atomic mass is 9.84. The molecule has 5 aromatic rings. The van der Waals surface area contributed by atoms with Crippen molar-refractivity contribution in [3.8, 4) is 11.1 Å². The normalized spacial score (nSPS) is 13.8. The molecule has 0 radical (unpaired) electrons. The Kier molecular flexibility index (Phi) is 15.8. The Labute approximate surface area is 379 Å². The Hall–Kier alpha value is -6.66. The molecular formula is C52H56N4O7S. The van der Waals surface area contributed by atoms with Crippen LogP contribution in [0.3, 0.4) is 0 Å². The second-order valence-corrected chi connectivity index (χ2v) is 17.5. The number of nitrogens with one attached hydrogen (secondary N) is 4. The van der Waals surface area contributed by atoms with Crippen molar-refractivity contribution < 1.29 is 33.4 Å². The van der Waals surface area contributed by atoms with Crippen molar-refractivity contribution >= 4 is 41.5 Å². The van der Waals surface area contributed by atoms with E-state index in [0.29, 0.717) is 0 Å². The van der Waals surface area contributed by atoms with Crippen LogP contribution in [0, 0.1) is 11.8 Å². The number of hydrogen-bond donors (Lipinski definition) is 4. The van der Waals surface area contributed by atoms with Crippen LogP contribution in [0.15, 0.2) is 151 Å². The number of fused-ring (bicyclic) bond motifs is 3. The fraction of sp³-hybridized carbons (Fsp3) is 0.288. The summed E-state index contributed by atoms with van der Waals surface area (Å²) in [6, 6.07) is 42.5. The zero-order valence-electron chi connectivity index (χ0n) is 37.0. The molecule has 4 N–H and O–H groups in total. The quantitative estimate of drug-likeness (QED) is 0.0392. The highest BCUT2D eigenvalue weighted by Gasteiger charge is 2.40. The summed E-state index contributed by atoms with van der Waals surface area (Å²) >= 11 is 1.45. The summed E-state index contributed by atoms with van der Waals surface area (Å²) in [4.78, 5) is 68.8. The van der Waals surface area contributed by atoms with Crippen LogP contribution in [0.1, 0.15) is 68.4 Å². The number of ether oxygens (including phenoxy) is 2. The molecule has 11 nitrogen and oxygen atoms in total. The molecule has 0 heterocycles. The average Bonchev–Trinajstić information content (AvgIpc) is 3.64. The molecule has 0 saturated carbocycles. The smallest absolute Gasteiger partial charge is 0.407 e. The molecule has 12 heteroatoms. The van der Waals surface area contributed by atoms with Crippen LogP contribution >= 0.6 is 11.8 Å². The van der Waals surface area contributed by atoms with Gasteiger partial charge in [0.25, 0.3) is 5.91 Å². The fourth-order valence-corrected chi connectivity index (χ4v) is 9.61. The van der Waals surface area contributed by atoms with E-state index in [-0.39, 0.29) is 29.9 Å². The molecule has 4 amide bonds. The molecule has 0 fully saturated rings. The fourth-order valence-electron chi connectivity index (χ4n) is 8.05. The van der Waals surface area contributed by atoms with Crippen LogP contribution in [-0.4, -0.2) is 67.4 Å². The molecule has 0 bridgehead atoms. The van der Waals surface area contributed by atoms with Gasteiger partial charge in [-0.25, -0.2) is 9.59 Å². The first-order valence-corrected chi connectivity index (χ1v) is 22.5. The van der Waals surface area contributed by atoms with Crippen molar-refractivity contribution in [3.05, 3.63) is 179 Å². The molecule has 1 aliphatic carbocycles. The molecule has 1 aliphatic rings. The number of carbonyl (C=O) groups excluding carboxylic acids is 5. The van der Waals surface area contributed by atoms with Crippen molar-refractivity contribution in [1.82, 2.24) is 21.3 Å². The number of allylic oxidation sites excluding steroid dienone is 1. The highest BCUT2D eigenvalue weighted by atomic mass is 32.2. The molecule has 0 aromatic heterocycles. The molecule has 1 unspecified atom stereocenters. The van der Waals surface area contributed by atoms with Crippen molar-refractivity contribution in [3.63, 3.8) is 0 Å². The Morgan fingerprint density at radius 1 is 0.625 bits per heavy atom. The van der Waals surface area contributed by atoms with Gasteiger partial charge in [0.05, 0.1) is 11.9 Å². The first-order chi connectivity index (χ1) is 30.9. The standard InChI is InChI=1S/C52H56N4O7S/c1-7-43(47(57)55-46(34(4)5)50(60)62-6)53-48(58)44(32-64-52(35-21-11-8-12-22-35,36-23-13-9-14-24-36)37-25-15-10-16-26-37)54-49(59)45(33(2)3)56-51(61)63-31-42-40-29-19-17-27-38(40)39-28-18-20-30-41(39)42/h7-30,33-34,42,44-46H,31-32H2,1-6H3,(H,53,58)(H,54,59)(H,55,57)(H,56,61)/b43-7-/t44?,45-,46+/m1/s1. The van der Waals surface area contributed by atoms with Gasteiger partial charge in [-0.1, -0.05) is 173 Å². The first-order valence-electron chi connectivity index (χ1n) is 21.5. The van der Waals surface area contributed by atoms with E-state index in [9.17, 15) is 24.0 Å². The summed E-state index contributed by atoms with van der Waals surface area (Å²) in [5, 5.41) is 11.1. The van der Waals surface area contributed by atoms with Crippen LogP contribution in [0.2, 0.25) is 0 Å². The molecule has 64 heavy (non-hydrogen) atoms. The lowest BCUT2D eigenvalue weighted by Gasteiger charge is -2.36. The topological polar surface area (TPSA) is 152 Å². The van der Waals surface area contributed by atoms with Crippen molar-refractivity contribution in [1.29, 1.82) is 0 Å². The maximum Gasteiger partial charge on any atom is 0.407 e. The lowest BCUT2D eigenvalue weighted by Crippen LogP contribution is -2.57. The Morgan fingerprint density at radius 3 is 1.55 bits per heavy atom. The van der Waals surface area contributed by atoms with Gasteiger partial charge in [-0.2, -0.15) is 0 Å². The third-order valence-corrected chi connectivity index (χ3v) is 13.0. The third-order valence-electron chi connectivity index (χ3n) is 11.4. The predicted octanol–water partition coefficient (Wildman–Crippen LogP) is 8.09. The van der Waals surface area contributed by atoms with Gasteiger partial charge in [-0.15, -0.1) is 11.8 Å². The minimum Gasteiger partial charge on any atom is -0.467 e. The van der Waals surface area contributed by atoms with Gasteiger partial charge in [0.1, 0.15) is 30.4 Å². The highest BCUT2D eigenvalue weighted by Crippen LogP contribution is 2.49. The second-order valence-electron chi connectivity index (χ2n) is 16.3. The Balaban J connectivity index is 1.28. The predicted molar refractivity (Wildman–Crippen MR) is 251 cm³/mol. The summed E-state index contributed by atoms with van der Waals surface area (Å²) in [6.45, 7) is 8.74. The van der Waals surface area contributed by atoms with E-state index in [1.807, 2.05) is 127 Å². The summed E-state index contributed by atoms with van der Waals surface area (Å²) in [5.74, 6) is -3.54. The number of carbonyl (C=O) groups is 5. The van der Waals surface area contributed by atoms with Gasteiger partial charge in [-0.3, -0.25) is 14.4 Å². The number of thioether (sulfide) groups is 1. The monoisotopic (exact) mass is 880 g/mol. The number of benzene rings is 5. The number of alkyl carbamates (subject to hydrolysis) is 1. The van der Waals surface area contributed by atoms with Crippen molar-refractivity contribution in [2.75, 3.05) is 19.5 Å². The Morgan fingerprint density at radius 2 is 1.09 bits per heavy atom. The molecule has 6 rings (SSSR count). The molecule has 5 aromatic carbocycles. The van der Waals surface area contributed by atoms with Crippen LogP contribution in [0.4, 0.5) is 4.79 Å². The van der Waals surface area contributed by atoms with E-state index in [2.05, 4.69) is 33.4 Å². The van der Waals surface area contributed by atoms with Gasteiger partial charge in [0.2, 0.25) is 11.8 Å². The minimum absolute atomic E-state index is 0.0153. The number of hydrogen-bond acceptors (Lipinski definition) is 8. The molecular weight excluding hydrogens is 825 g/mol. The number of rotatable bonds is 18. The first kappa shape index (κ1) is 46.8. The van der Waals surface area contributed by atoms with Gasteiger partial charge < -0.3 is 30.7 Å². The van der Waals surface area contributed by atoms with E-state index >= 15 is 0 Å². The Bertz CT molecular complexity index is 2300. The van der Waals surface area contributed by atoms with Crippen LogP contribution in [0.25, 0.3) is 11.1 Å². The summed E-state index contributed by atoms with van der Waals surface area (Å²) in [7, 11) is 1.24. The van der Waals surface area contributed by atoms with Crippen LogP contribution in [-0.2, 0) is 33.4 Å². The molecule has 0 saturated heterocycles. The molecule has 332 valence electrons. The van der Waals surface area contributed by atoms with Crippen molar-refractivity contribution in [2.45, 2.75) is 63.4 Å². The van der Waals surface area contributed by atoms with Crippen LogP contribution in [0.5, 0.6) is 0 Å². The van der Waals surface area contributed by atoms with E-state index in [1.54, 1.807) is 34.6 Å². The maximum absolute atomic E-state index is 14.6. The van der Waals surface area contributed by atoms with Gasteiger partial charge in [-0.05, 0) is 57.7 Å². The van der Waals surface area contributed by atoms with E-state index in [1.165, 1.54) is 24.9 Å². The molecule has 3 atom stereocenters. The SMILES string of the molecule is C/C=C(\NC(=O)C(CSC(c1ccccc1)(c1ccccc1)c1ccccc1)NC(=O)[C@H](NC(=O)OCC1c2ccccc2-c2ccccc21)C(C)C)C(=O)N[C@H](C(=O)OC)C(C)C. The maximum atomic E-state index is 14.6. The van der Waals surface area contributed by atoms with E-state index in [4.69, 9.17) is 9.47 Å². The summed E-state index contributed by atoms with van der Waals surface area (Å²) in [6.07, 6.45) is 0.645. The highest BCUT2D eigenvalue weighted by molar-refractivity contribution is 8.00. The number of esters is 1. The summed E-state index contributed by atoms with van der Waals surface area (Å²) < 4.78 is 9.88. The lowest BCUT2D eigenvalue weighted by molar-refractivity contribution is -0.146. The van der Waals surface area contributed by atoms with Gasteiger partial charge in [0, 0.05) is 11.7 Å². The second kappa shape index (κ2) is 21.6. The van der Waals surface area contributed by atoms with Crippen molar-refractivity contribution in [2.24, 2.45) is 11.8 Å². The largest absolute Gasteiger partial charge is 0.467 e. The zero-order chi connectivity index (χ0) is 45.8. The molecule has 0 aliphatic heterocycles. The van der Waals surface area contributed by atoms with Crippen LogP contribution < -0.4 is 21.3 Å². The zero-order valence-corrected chi connectivity index (χ0v) is 37.8. The molecule has 0 spiro atoms. The van der Waals surface area contributed by atoms with Gasteiger partial charge in [0.15, 0.2) is 0 Å². The van der Waals surface area contributed by atoms with E-state index in [0.717, 1.165) is 38.9 Å². The number of methoxy groups -OCH3 is 1. The summed E-state index contributed by atoms with van der Waals surface area (Å²) in [5.41, 5.74) is 6.98. The van der Waals surface area contributed by atoms with E-state index < -0.39 is 58.6 Å². The van der Waals surface area contributed by atoms with Gasteiger partial charge >= 0.3 is 12.1 Å². The minimum atomic E-state index is -1.25.